The lowest BCUT2D eigenvalue weighted by atomic mass is 9.89. The summed E-state index contributed by atoms with van der Waals surface area (Å²) in [6.07, 6.45) is 0. The molecule has 2 atom stereocenters. The van der Waals surface area contributed by atoms with Crippen LogP contribution in [0.3, 0.4) is 0 Å². The molecule has 0 amide bonds. The lowest BCUT2D eigenvalue weighted by Gasteiger charge is -2.25. The summed E-state index contributed by atoms with van der Waals surface area (Å²) in [5.41, 5.74) is 2.88. The van der Waals surface area contributed by atoms with E-state index in [0.29, 0.717) is 6.04 Å². The Bertz CT molecular complexity index is 362. The topological polar surface area (TPSA) is 12.0 Å². The largest absolute Gasteiger partial charge is 0.311 e. The molecule has 0 saturated carbocycles. The monoisotopic (exact) mass is 237 g/mol. The second-order valence-electron chi connectivity index (χ2n) is 5.38. The fourth-order valence-corrected chi connectivity index (χ4v) is 2.42. The summed E-state index contributed by atoms with van der Waals surface area (Å²) in [7, 11) is 0. The molecule has 0 heterocycles. The zero-order chi connectivity index (χ0) is 13.2. The summed E-state index contributed by atoms with van der Waals surface area (Å²) in [4.78, 5) is 0. The minimum Gasteiger partial charge on any atom is -0.311 e. The van der Waals surface area contributed by atoms with Gasteiger partial charge in [-0.1, -0.05) is 26.8 Å². The van der Waals surface area contributed by atoms with Gasteiger partial charge in [-0.2, -0.15) is 0 Å². The SMILES string of the molecule is Cc1cc(C)c(C(C)C(C)NC(C)C)c(F)c1. The van der Waals surface area contributed by atoms with Crippen molar-refractivity contribution in [2.45, 2.75) is 59.5 Å². The van der Waals surface area contributed by atoms with Crippen LogP contribution in [0.1, 0.15) is 50.3 Å². The molecule has 1 nitrogen and oxygen atoms in total. The van der Waals surface area contributed by atoms with Gasteiger partial charge >= 0.3 is 0 Å². The van der Waals surface area contributed by atoms with Gasteiger partial charge in [-0.25, -0.2) is 4.39 Å². The minimum absolute atomic E-state index is 0.0765. The van der Waals surface area contributed by atoms with E-state index in [1.807, 2.05) is 13.8 Å². The molecule has 0 aliphatic heterocycles. The summed E-state index contributed by atoms with van der Waals surface area (Å²) in [5, 5.41) is 3.44. The van der Waals surface area contributed by atoms with E-state index in [9.17, 15) is 4.39 Å². The van der Waals surface area contributed by atoms with Gasteiger partial charge in [-0.3, -0.25) is 0 Å². The molecule has 0 spiro atoms. The highest BCUT2D eigenvalue weighted by Crippen LogP contribution is 2.27. The Labute approximate surface area is 104 Å². The molecule has 0 bridgehead atoms. The van der Waals surface area contributed by atoms with Crippen molar-refractivity contribution in [3.8, 4) is 0 Å². The van der Waals surface area contributed by atoms with Crippen molar-refractivity contribution in [2.24, 2.45) is 0 Å². The van der Waals surface area contributed by atoms with E-state index in [2.05, 4.69) is 39.1 Å². The molecule has 0 radical (unpaired) electrons. The Morgan fingerprint density at radius 2 is 1.65 bits per heavy atom. The first-order valence-electron chi connectivity index (χ1n) is 6.35. The van der Waals surface area contributed by atoms with Gasteiger partial charge in [0, 0.05) is 12.1 Å². The first-order chi connectivity index (χ1) is 7.82. The highest BCUT2D eigenvalue weighted by Gasteiger charge is 2.20. The van der Waals surface area contributed by atoms with Crippen LogP contribution in [0, 0.1) is 19.7 Å². The molecule has 0 aliphatic carbocycles. The molecule has 1 aromatic carbocycles. The fourth-order valence-electron chi connectivity index (χ4n) is 2.42. The van der Waals surface area contributed by atoms with Crippen LogP contribution >= 0.6 is 0 Å². The maximum atomic E-state index is 14.0. The highest BCUT2D eigenvalue weighted by molar-refractivity contribution is 5.35. The number of aryl methyl sites for hydroxylation is 2. The molecule has 1 aromatic rings. The smallest absolute Gasteiger partial charge is 0.127 e. The summed E-state index contributed by atoms with van der Waals surface area (Å²) in [6.45, 7) is 12.3. The molecule has 0 fully saturated rings. The Hall–Kier alpha value is -0.890. The van der Waals surface area contributed by atoms with Crippen molar-refractivity contribution in [2.75, 3.05) is 0 Å². The Kier molecular flexibility index (Phi) is 4.70. The maximum Gasteiger partial charge on any atom is 0.127 e. The maximum absolute atomic E-state index is 14.0. The summed E-state index contributed by atoms with van der Waals surface area (Å²) in [6, 6.07) is 4.37. The van der Waals surface area contributed by atoms with Crippen LogP contribution in [0.4, 0.5) is 4.39 Å². The van der Waals surface area contributed by atoms with Gasteiger partial charge in [0.05, 0.1) is 0 Å². The lowest BCUT2D eigenvalue weighted by Crippen LogP contribution is -2.36. The lowest BCUT2D eigenvalue weighted by molar-refractivity contribution is 0.428. The number of benzene rings is 1. The molecule has 2 heteroatoms. The highest BCUT2D eigenvalue weighted by atomic mass is 19.1. The number of nitrogens with one attached hydrogen (secondary N) is 1. The van der Waals surface area contributed by atoms with E-state index < -0.39 is 0 Å². The molecule has 2 unspecified atom stereocenters. The molecule has 0 aliphatic rings. The minimum atomic E-state index is -0.0765. The normalized spacial score (nSPS) is 15.1. The average Bonchev–Trinajstić information content (AvgIpc) is 2.14. The third-order valence-corrected chi connectivity index (χ3v) is 3.28. The quantitative estimate of drug-likeness (QED) is 0.836. The predicted molar refractivity (Wildman–Crippen MR) is 72.0 cm³/mol. The van der Waals surface area contributed by atoms with Crippen LogP contribution in [0.5, 0.6) is 0 Å². The zero-order valence-electron chi connectivity index (χ0n) is 11.8. The Morgan fingerprint density at radius 3 is 2.12 bits per heavy atom. The first kappa shape index (κ1) is 14.2. The van der Waals surface area contributed by atoms with Crippen LogP contribution in [-0.4, -0.2) is 12.1 Å². The van der Waals surface area contributed by atoms with Crippen LogP contribution in [-0.2, 0) is 0 Å². The second kappa shape index (κ2) is 5.63. The fraction of sp³-hybridized carbons (Fsp3) is 0.600. The summed E-state index contributed by atoms with van der Waals surface area (Å²) in [5.74, 6) is 0.102. The van der Waals surface area contributed by atoms with Gasteiger partial charge in [0.1, 0.15) is 5.82 Å². The van der Waals surface area contributed by atoms with Crippen molar-refractivity contribution >= 4 is 0 Å². The average molecular weight is 237 g/mol. The first-order valence-corrected chi connectivity index (χ1v) is 6.35. The van der Waals surface area contributed by atoms with Gasteiger partial charge in [0.2, 0.25) is 0 Å². The number of hydrogen-bond donors (Lipinski definition) is 1. The summed E-state index contributed by atoms with van der Waals surface area (Å²) < 4.78 is 14.0. The van der Waals surface area contributed by atoms with Crippen molar-refractivity contribution in [3.63, 3.8) is 0 Å². The second-order valence-corrected chi connectivity index (χ2v) is 5.38. The predicted octanol–water partition coefficient (Wildman–Crippen LogP) is 3.93. The number of halogens is 1. The van der Waals surface area contributed by atoms with E-state index in [-0.39, 0.29) is 17.8 Å². The van der Waals surface area contributed by atoms with E-state index in [1.165, 1.54) is 0 Å². The summed E-state index contributed by atoms with van der Waals surface area (Å²) >= 11 is 0. The molecule has 17 heavy (non-hydrogen) atoms. The van der Waals surface area contributed by atoms with Crippen molar-refractivity contribution in [1.82, 2.24) is 5.32 Å². The van der Waals surface area contributed by atoms with E-state index in [1.54, 1.807) is 6.07 Å². The van der Waals surface area contributed by atoms with E-state index in [4.69, 9.17) is 0 Å². The van der Waals surface area contributed by atoms with Gasteiger partial charge < -0.3 is 5.32 Å². The van der Waals surface area contributed by atoms with Crippen LogP contribution in [0.25, 0.3) is 0 Å². The van der Waals surface area contributed by atoms with Crippen molar-refractivity contribution in [1.29, 1.82) is 0 Å². The van der Waals surface area contributed by atoms with Crippen molar-refractivity contribution in [3.05, 3.63) is 34.6 Å². The molecular weight excluding hydrogens is 213 g/mol. The molecule has 96 valence electrons. The van der Waals surface area contributed by atoms with Gasteiger partial charge in [-0.05, 0) is 49.4 Å². The third kappa shape index (κ3) is 3.53. The molecule has 1 N–H and O–H groups in total. The van der Waals surface area contributed by atoms with Crippen LogP contribution in [0.2, 0.25) is 0 Å². The number of rotatable bonds is 4. The third-order valence-electron chi connectivity index (χ3n) is 3.28. The molecule has 0 aromatic heterocycles. The van der Waals surface area contributed by atoms with E-state index in [0.717, 1.165) is 16.7 Å². The molecular formula is C15H24FN. The van der Waals surface area contributed by atoms with Crippen molar-refractivity contribution < 1.29 is 4.39 Å². The Balaban J connectivity index is 2.99. The standard InChI is InChI=1S/C15H24FN/c1-9(2)17-13(6)12(5)15-11(4)7-10(3)8-14(15)16/h7-9,12-13,17H,1-6H3. The van der Waals surface area contributed by atoms with E-state index >= 15 is 0 Å². The molecule has 1 rings (SSSR count). The Morgan fingerprint density at radius 1 is 1.06 bits per heavy atom. The van der Waals surface area contributed by atoms with Gasteiger partial charge in [0.15, 0.2) is 0 Å². The molecule has 0 saturated heterocycles. The van der Waals surface area contributed by atoms with Gasteiger partial charge in [-0.15, -0.1) is 0 Å². The van der Waals surface area contributed by atoms with Crippen LogP contribution < -0.4 is 5.32 Å². The van der Waals surface area contributed by atoms with Crippen LogP contribution in [0.15, 0.2) is 12.1 Å². The number of hydrogen-bond acceptors (Lipinski definition) is 1. The van der Waals surface area contributed by atoms with Gasteiger partial charge in [0.25, 0.3) is 0 Å². The zero-order valence-corrected chi connectivity index (χ0v) is 11.8.